The quantitative estimate of drug-likeness (QED) is 0.816. The molecule has 2 aromatic carbocycles. The molecule has 0 atom stereocenters. The fourth-order valence-corrected chi connectivity index (χ4v) is 2.39. The molecule has 2 rings (SSSR count). The predicted molar refractivity (Wildman–Crippen MR) is 84.2 cm³/mol. The topological polar surface area (TPSA) is 47.3 Å². The lowest BCUT2D eigenvalue weighted by Gasteiger charge is -2.14. The number of ether oxygens (including phenoxy) is 1. The third kappa shape index (κ3) is 3.20. The van der Waals surface area contributed by atoms with Gasteiger partial charge in [0.15, 0.2) is 0 Å². The normalized spacial score (nSPS) is 10.3. The molecule has 4 heteroatoms. The smallest absolute Gasteiger partial charge is 0.144 e. The van der Waals surface area contributed by atoms with Crippen molar-refractivity contribution in [1.29, 1.82) is 0 Å². The van der Waals surface area contributed by atoms with Gasteiger partial charge in [0.1, 0.15) is 5.75 Å². The second kappa shape index (κ2) is 5.97. The van der Waals surface area contributed by atoms with Crippen LogP contribution in [0.2, 0.25) is 0 Å². The van der Waals surface area contributed by atoms with Crippen molar-refractivity contribution >= 4 is 33.0 Å². The van der Waals surface area contributed by atoms with Gasteiger partial charge >= 0.3 is 0 Å². The summed E-state index contributed by atoms with van der Waals surface area (Å²) in [5.41, 5.74) is 9.74. The number of benzene rings is 2. The molecule has 0 amide bonds. The first-order valence-corrected chi connectivity index (χ1v) is 6.95. The van der Waals surface area contributed by atoms with Gasteiger partial charge in [-0.25, -0.2) is 0 Å². The number of para-hydroxylation sites is 1. The fraction of sp³-hybridized carbons (Fsp3) is 0.200. The first-order valence-electron chi connectivity index (χ1n) is 6.16. The Hall–Kier alpha value is -1.68. The first-order chi connectivity index (χ1) is 9.11. The number of hydrogen-bond acceptors (Lipinski definition) is 3. The number of hydrogen-bond donors (Lipinski definition) is 2. The zero-order chi connectivity index (χ0) is 13.8. The van der Waals surface area contributed by atoms with E-state index in [0.29, 0.717) is 18.0 Å². The summed E-state index contributed by atoms with van der Waals surface area (Å²) in [6.45, 7) is 4.59. The van der Waals surface area contributed by atoms with Crippen LogP contribution in [-0.4, -0.2) is 6.61 Å². The predicted octanol–water partition coefficient (Wildman–Crippen LogP) is 4.48. The van der Waals surface area contributed by atoms with Gasteiger partial charge in [0, 0.05) is 4.47 Å². The number of anilines is 3. The van der Waals surface area contributed by atoms with E-state index in [1.54, 1.807) is 0 Å². The lowest BCUT2D eigenvalue weighted by Crippen LogP contribution is -2.01. The summed E-state index contributed by atoms with van der Waals surface area (Å²) in [5, 5.41) is 3.31. The van der Waals surface area contributed by atoms with E-state index in [2.05, 4.69) is 40.3 Å². The van der Waals surface area contributed by atoms with Crippen molar-refractivity contribution in [3.05, 3.63) is 46.4 Å². The number of nitrogen functional groups attached to an aromatic ring is 1. The van der Waals surface area contributed by atoms with Gasteiger partial charge < -0.3 is 15.8 Å². The molecule has 100 valence electrons. The zero-order valence-electron chi connectivity index (χ0n) is 11.0. The third-order valence-corrected chi connectivity index (χ3v) is 3.42. The molecule has 0 heterocycles. The number of halogens is 1. The lowest BCUT2D eigenvalue weighted by molar-refractivity contribution is 0.342. The molecule has 0 aliphatic rings. The summed E-state index contributed by atoms with van der Waals surface area (Å²) in [5.74, 6) is 0.704. The van der Waals surface area contributed by atoms with Crippen molar-refractivity contribution in [1.82, 2.24) is 0 Å². The minimum atomic E-state index is 0.599. The largest absolute Gasteiger partial charge is 0.492 e. The maximum Gasteiger partial charge on any atom is 0.144 e. The van der Waals surface area contributed by atoms with E-state index < -0.39 is 0 Å². The van der Waals surface area contributed by atoms with Crippen molar-refractivity contribution in [3.63, 3.8) is 0 Å². The summed E-state index contributed by atoms with van der Waals surface area (Å²) in [7, 11) is 0. The van der Waals surface area contributed by atoms with Crippen LogP contribution >= 0.6 is 15.9 Å². The van der Waals surface area contributed by atoms with E-state index >= 15 is 0 Å². The van der Waals surface area contributed by atoms with Crippen molar-refractivity contribution in [2.75, 3.05) is 17.7 Å². The van der Waals surface area contributed by atoms with Gasteiger partial charge in [-0.3, -0.25) is 0 Å². The van der Waals surface area contributed by atoms with Crippen LogP contribution in [0.5, 0.6) is 5.75 Å². The third-order valence-electron chi connectivity index (χ3n) is 2.76. The van der Waals surface area contributed by atoms with Crippen LogP contribution in [0.3, 0.4) is 0 Å². The molecule has 0 aromatic heterocycles. The molecule has 3 nitrogen and oxygen atoms in total. The second-order valence-corrected chi connectivity index (χ2v) is 5.11. The standard InChI is InChI=1S/C15H17BrN2O/c1-3-19-14-6-4-5-13(15(14)17)18-12-8-7-10(2)9-11(12)16/h4-9,18H,3,17H2,1-2H3. The zero-order valence-corrected chi connectivity index (χ0v) is 12.6. The molecule has 0 fully saturated rings. The average molecular weight is 321 g/mol. The van der Waals surface area contributed by atoms with E-state index in [-0.39, 0.29) is 0 Å². The Morgan fingerprint density at radius 1 is 1.21 bits per heavy atom. The molecule has 0 saturated heterocycles. The summed E-state index contributed by atoms with van der Waals surface area (Å²) in [4.78, 5) is 0. The minimum Gasteiger partial charge on any atom is -0.492 e. The highest BCUT2D eigenvalue weighted by atomic mass is 79.9. The van der Waals surface area contributed by atoms with Gasteiger partial charge in [-0.2, -0.15) is 0 Å². The summed E-state index contributed by atoms with van der Waals surface area (Å²) < 4.78 is 6.50. The van der Waals surface area contributed by atoms with Crippen molar-refractivity contribution < 1.29 is 4.74 Å². The summed E-state index contributed by atoms with van der Waals surface area (Å²) in [6, 6.07) is 11.9. The average Bonchev–Trinajstić information content (AvgIpc) is 2.37. The molecule has 0 unspecified atom stereocenters. The molecule has 0 aliphatic carbocycles. The van der Waals surface area contributed by atoms with Gasteiger partial charge in [0.2, 0.25) is 0 Å². The first kappa shape index (κ1) is 13.7. The Bertz CT molecular complexity index is 584. The van der Waals surface area contributed by atoms with E-state index in [1.807, 2.05) is 31.2 Å². The maximum absolute atomic E-state index is 6.09. The van der Waals surface area contributed by atoms with E-state index in [0.717, 1.165) is 15.8 Å². The molecule has 2 aromatic rings. The Morgan fingerprint density at radius 2 is 2.00 bits per heavy atom. The summed E-state index contributed by atoms with van der Waals surface area (Å²) in [6.07, 6.45) is 0. The molecule has 0 bridgehead atoms. The number of aryl methyl sites for hydroxylation is 1. The molecule has 0 radical (unpaired) electrons. The van der Waals surface area contributed by atoms with Crippen LogP contribution < -0.4 is 15.8 Å². The fourth-order valence-electron chi connectivity index (χ4n) is 1.80. The van der Waals surface area contributed by atoms with Gasteiger partial charge in [-0.05, 0) is 59.6 Å². The van der Waals surface area contributed by atoms with Gasteiger partial charge in [-0.1, -0.05) is 12.1 Å². The van der Waals surface area contributed by atoms with Gasteiger partial charge in [0.25, 0.3) is 0 Å². The number of nitrogens with one attached hydrogen (secondary N) is 1. The highest BCUT2D eigenvalue weighted by Crippen LogP contribution is 2.34. The van der Waals surface area contributed by atoms with Crippen LogP contribution in [0.15, 0.2) is 40.9 Å². The maximum atomic E-state index is 6.09. The van der Waals surface area contributed by atoms with Crippen LogP contribution in [0.4, 0.5) is 17.1 Å². The lowest BCUT2D eigenvalue weighted by atomic mass is 10.2. The van der Waals surface area contributed by atoms with Crippen molar-refractivity contribution in [2.24, 2.45) is 0 Å². The van der Waals surface area contributed by atoms with Crippen LogP contribution in [0.1, 0.15) is 12.5 Å². The molecule has 19 heavy (non-hydrogen) atoms. The number of nitrogens with two attached hydrogens (primary N) is 1. The van der Waals surface area contributed by atoms with E-state index in [9.17, 15) is 0 Å². The Kier molecular flexibility index (Phi) is 4.32. The van der Waals surface area contributed by atoms with Crippen molar-refractivity contribution in [2.45, 2.75) is 13.8 Å². The molecule has 0 saturated carbocycles. The highest BCUT2D eigenvalue weighted by molar-refractivity contribution is 9.10. The van der Waals surface area contributed by atoms with Gasteiger partial charge in [0.05, 0.1) is 23.7 Å². The minimum absolute atomic E-state index is 0.599. The Labute approximate surface area is 121 Å². The van der Waals surface area contributed by atoms with Crippen LogP contribution in [0.25, 0.3) is 0 Å². The SMILES string of the molecule is CCOc1cccc(Nc2ccc(C)cc2Br)c1N. The molecule has 0 aliphatic heterocycles. The highest BCUT2D eigenvalue weighted by Gasteiger charge is 2.07. The molecular weight excluding hydrogens is 304 g/mol. The monoisotopic (exact) mass is 320 g/mol. The molecule has 3 N–H and O–H groups in total. The number of rotatable bonds is 4. The molecule has 0 spiro atoms. The molecular formula is C15H17BrN2O. The van der Waals surface area contributed by atoms with E-state index in [1.165, 1.54) is 5.56 Å². The summed E-state index contributed by atoms with van der Waals surface area (Å²) >= 11 is 3.54. The Morgan fingerprint density at radius 3 is 2.68 bits per heavy atom. The van der Waals surface area contributed by atoms with Gasteiger partial charge in [-0.15, -0.1) is 0 Å². The van der Waals surface area contributed by atoms with Crippen LogP contribution in [-0.2, 0) is 0 Å². The van der Waals surface area contributed by atoms with Crippen molar-refractivity contribution in [3.8, 4) is 5.75 Å². The second-order valence-electron chi connectivity index (χ2n) is 4.26. The Balaban J connectivity index is 2.30. The van der Waals surface area contributed by atoms with E-state index in [4.69, 9.17) is 10.5 Å². The van der Waals surface area contributed by atoms with Crippen LogP contribution in [0, 0.1) is 6.92 Å².